The van der Waals surface area contributed by atoms with E-state index in [9.17, 15) is 9.18 Å². The molecule has 0 aliphatic carbocycles. The molecule has 17 heavy (non-hydrogen) atoms. The maximum Gasteiger partial charge on any atom is 0.248 e. The molecule has 0 atom stereocenters. The van der Waals surface area contributed by atoms with Crippen molar-refractivity contribution in [3.05, 3.63) is 55.3 Å². The molecule has 0 fully saturated rings. The van der Waals surface area contributed by atoms with E-state index in [1.54, 1.807) is 16.7 Å². The Hall–Kier alpha value is -2.43. The second-order valence-corrected chi connectivity index (χ2v) is 3.32. The predicted molar refractivity (Wildman–Crippen MR) is 62.3 cm³/mol. The van der Waals surface area contributed by atoms with Crippen LogP contribution in [0.4, 0.5) is 10.2 Å². The lowest BCUT2D eigenvalue weighted by Gasteiger charge is -2.07. The standard InChI is InChI=1S/C12H10FN3O/c1-2-12(17)15-11-7-14-8-16(11)10-5-3-9(13)4-6-10/h2-8H,1H2,(H,15,17). The number of aromatic nitrogens is 2. The van der Waals surface area contributed by atoms with E-state index in [0.29, 0.717) is 11.5 Å². The third kappa shape index (κ3) is 2.39. The number of nitrogens with one attached hydrogen (secondary N) is 1. The molecule has 2 aromatic rings. The maximum absolute atomic E-state index is 12.8. The van der Waals surface area contributed by atoms with Crippen molar-refractivity contribution < 1.29 is 9.18 Å². The number of hydrogen-bond acceptors (Lipinski definition) is 2. The third-order valence-electron chi connectivity index (χ3n) is 2.18. The highest BCUT2D eigenvalue weighted by Crippen LogP contribution is 2.15. The number of hydrogen-bond donors (Lipinski definition) is 1. The molecule has 0 unspecified atom stereocenters. The molecule has 0 bridgehead atoms. The Morgan fingerprint density at radius 3 is 2.76 bits per heavy atom. The van der Waals surface area contributed by atoms with Crippen LogP contribution >= 0.6 is 0 Å². The van der Waals surface area contributed by atoms with Gasteiger partial charge < -0.3 is 5.32 Å². The smallest absolute Gasteiger partial charge is 0.248 e. The summed E-state index contributed by atoms with van der Waals surface area (Å²) < 4.78 is 14.4. The number of imidazole rings is 1. The van der Waals surface area contributed by atoms with Crippen LogP contribution in [0.2, 0.25) is 0 Å². The molecule has 0 aliphatic rings. The number of rotatable bonds is 3. The quantitative estimate of drug-likeness (QED) is 0.822. The van der Waals surface area contributed by atoms with Crippen LogP contribution in [0.5, 0.6) is 0 Å². The Labute approximate surface area is 97.4 Å². The summed E-state index contributed by atoms with van der Waals surface area (Å²) in [7, 11) is 0. The summed E-state index contributed by atoms with van der Waals surface area (Å²) >= 11 is 0. The molecule has 86 valence electrons. The van der Waals surface area contributed by atoms with Crippen molar-refractivity contribution >= 4 is 11.7 Å². The highest BCUT2D eigenvalue weighted by molar-refractivity contribution is 5.98. The van der Waals surface area contributed by atoms with Gasteiger partial charge in [-0.2, -0.15) is 0 Å². The van der Waals surface area contributed by atoms with Crippen molar-refractivity contribution in [3.63, 3.8) is 0 Å². The van der Waals surface area contributed by atoms with Gasteiger partial charge in [-0.3, -0.25) is 9.36 Å². The minimum absolute atomic E-state index is 0.314. The molecule has 0 saturated heterocycles. The van der Waals surface area contributed by atoms with Gasteiger partial charge in [-0.15, -0.1) is 0 Å². The molecule has 1 heterocycles. The van der Waals surface area contributed by atoms with Gasteiger partial charge in [0.25, 0.3) is 0 Å². The number of carbonyl (C=O) groups is 1. The third-order valence-corrected chi connectivity index (χ3v) is 2.18. The first-order valence-corrected chi connectivity index (χ1v) is 4.92. The summed E-state index contributed by atoms with van der Waals surface area (Å²) in [6.45, 7) is 3.36. The molecule has 0 saturated carbocycles. The van der Waals surface area contributed by atoms with Crippen LogP contribution in [0, 0.1) is 5.82 Å². The Kier molecular flexibility index (Phi) is 3.00. The zero-order valence-electron chi connectivity index (χ0n) is 8.93. The second-order valence-electron chi connectivity index (χ2n) is 3.32. The normalized spacial score (nSPS) is 9.94. The van der Waals surface area contributed by atoms with Gasteiger partial charge in [0.2, 0.25) is 5.91 Å². The zero-order chi connectivity index (χ0) is 12.3. The van der Waals surface area contributed by atoms with Crippen molar-refractivity contribution in [1.29, 1.82) is 0 Å². The van der Waals surface area contributed by atoms with Crippen molar-refractivity contribution in [2.24, 2.45) is 0 Å². The molecule has 1 aromatic heterocycles. The van der Waals surface area contributed by atoms with E-state index in [1.165, 1.54) is 30.7 Å². The number of carbonyl (C=O) groups excluding carboxylic acids is 1. The van der Waals surface area contributed by atoms with E-state index in [-0.39, 0.29) is 11.7 Å². The van der Waals surface area contributed by atoms with Gasteiger partial charge in [-0.25, -0.2) is 9.37 Å². The van der Waals surface area contributed by atoms with Crippen LogP contribution in [0.15, 0.2) is 49.4 Å². The van der Waals surface area contributed by atoms with E-state index < -0.39 is 0 Å². The first kappa shape index (κ1) is 11.1. The highest BCUT2D eigenvalue weighted by Gasteiger charge is 2.06. The fourth-order valence-corrected chi connectivity index (χ4v) is 1.37. The van der Waals surface area contributed by atoms with Crippen LogP contribution in [-0.2, 0) is 4.79 Å². The molecular formula is C12H10FN3O. The van der Waals surface area contributed by atoms with E-state index in [4.69, 9.17) is 0 Å². The summed E-state index contributed by atoms with van der Waals surface area (Å²) in [5, 5.41) is 2.60. The molecule has 1 amide bonds. The van der Waals surface area contributed by atoms with Gasteiger partial charge in [0.15, 0.2) is 0 Å². The average Bonchev–Trinajstić information content (AvgIpc) is 2.78. The lowest BCUT2D eigenvalue weighted by atomic mass is 10.3. The maximum atomic E-state index is 12.8. The summed E-state index contributed by atoms with van der Waals surface area (Å²) in [5.41, 5.74) is 0.711. The number of anilines is 1. The summed E-state index contributed by atoms with van der Waals surface area (Å²) in [5.74, 6) is -0.138. The topological polar surface area (TPSA) is 46.9 Å². The minimum atomic E-state index is -0.325. The molecule has 5 heteroatoms. The lowest BCUT2D eigenvalue weighted by Crippen LogP contribution is -2.10. The molecule has 2 rings (SSSR count). The number of benzene rings is 1. The monoisotopic (exact) mass is 231 g/mol. The molecule has 0 radical (unpaired) electrons. The molecule has 0 spiro atoms. The van der Waals surface area contributed by atoms with E-state index >= 15 is 0 Å². The molecule has 1 N–H and O–H groups in total. The summed E-state index contributed by atoms with van der Waals surface area (Å²) in [6, 6.07) is 5.88. The molecular weight excluding hydrogens is 221 g/mol. The van der Waals surface area contributed by atoms with Crippen LogP contribution in [0.3, 0.4) is 0 Å². The van der Waals surface area contributed by atoms with Crippen molar-refractivity contribution in [1.82, 2.24) is 9.55 Å². The minimum Gasteiger partial charge on any atom is -0.307 e. The van der Waals surface area contributed by atoms with Crippen molar-refractivity contribution in [2.45, 2.75) is 0 Å². The van der Waals surface area contributed by atoms with Crippen LogP contribution in [0.1, 0.15) is 0 Å². The van der Waals surface area contributed by atoms with Gasteiger partial charge in [-0.05, 0) is 30.3 Å². The highest BCUT2D eigenvalue weighted by atomic mass is 19.1. The van der Waals surface area contributed by atoms with Gasteiger partial charge in [0, 0.05) is 5.69 Å². The number of nitrogens with zero attached hydrogens (tertiary/aromatic N) is 2. The predicted octanol–water partition coefficient (Wildman–Crippen LogP) is 2.14. The molecule has 4 nitrogen and oxygen atoms in total. The van der Waals surface area contributed by atoms with E-state index in [2.05, 4.69) is 16.9 Å². The SMILES string of the molecule is C=CC(=O)Nc1cncn1-c1ccc(F)cc1. The van der Waals surface area contributed by atoms with Crippen LogP contribution in [-0.4, -0.2) is 15.5 Å². The Morgan fingerprint density at radius 2 is 2.12 bits per heavy atom. The van der Waals surface area contributed by atoms with E-state index in [0.717, 1.165) is 0 Å². The average molecular weight is 231 g/mol. The number of halogens is 1. The van der Waals surface area contributed by atoms with E-state index in [1.807, 2.05) is 0 Å². The molecule has 1 aromatic carbocycles. The first-order chi connectivity index (χ1) is 8.20. The Balaban J connectivity index is 2.33. The fourth-order valence-electron chi connectivity index (χ4n) is 1.37. The van der Waals surface area contributed by atoms with Crippen molar-refractivity contribution in [3.8, 4) is 5.69 Å². The molecule has 0 aliphatic heterocycles. The summed E-state index contributed by atoms with van der Waals surface area (Å²) in [6.07, 6.45) is 4.21. The van der Waals surface area contributed by atoms with Crippen LogP contribution in [0.25, 0.3) is 5.69 Å². The van der Waals surface area contributed by atoms with Gasteiger partial charge in [0.05, 0.1) is 6.20 Å². The van der Waals surface area contributed by atoms with Gasteiger partial charge >= 0.3 is 0 Å². The Morgan fingerprint density at radius 1 is 1.41 bits per heavy atom. The van der Waals surface area contributed by atoms with Crippen molar-refractivity contribution in [2.75, 3.05) is 5.32 Å². The zero-order valence-corrected chi connectivity index (χ0v) is 8.93. The number of amides is 1. The largest absolute Gasteiger partial charge is 0.307 e. The van der Waals surface area contributed by atoms with Gasteiger partial charge in [0.1, 0.15) is 18.0 Å². The summed E-state index contributed by atoms with van der Waals surface area (Å²) in [4.78, 5) is 15.1. The fraction of sp³-hybridized carbons (Fsp3) is 0. The Bertz CT molecular complexity index is 545. The van der Waals surface area contributed by atoms with Gasteiger partial charge in [-0.1, -0.05) is 6.58 Å². The first-order valence-electron chi connectivity index (χ1n) is 4.92. The van der Waals surface area contributed by atoms with Crippen LogP contribution < -0.4 is 5.32 Å². The lowest BCUT2D eigenvalue weighted by molar-refractivity contribution is -0.111. The second kappa shape index (κ2) is 4.61.